The van der Waals surface area contributed by atoms with Crippen LogP contribution in [0.3, 0.4) is 0 Å². The van der Waals surface area contributed by atoms with E-state index in [4.69, 9.17) is 9.15 Å². The Balaban J connectivity index is 0.00000240. The van der Waals surface area contributed by atoms with Crippen LogP contribution in [0.5, 0.6) is 5.75 Å². The van der Waals surface area contributed by atoms with Crippen LogP contribution in [-0.2, 0) is 0 Å². The van der Waals surface area contributed by atoms with Gasteiger partial charge in [-0.2, -0.15) is 0 Å². The fourth-order valence-electron chi connectivity index (χ4n) is 4.14. The third-order valence-electron chi connectivity index (χ3n) is 5.73. The number of furan rings is 1. The molecule has 4 heterocycles. The molecule has 0 saturated carbocycles. The summed E-state index contributed by atoms with van der Waals surface area (Å²) in [5.41, 5.74) is 0.802. The Morgan fingerprint density at radius 2 is 2.10 bits per heavy atom. The summed E-state index contributed by atoms with van der Waals surface area (Å²) < 4.78 is 11.8. The van der Waals surface area contributed by atoms with Crippen LogP contribution in [0.4, 0.5) is 0 Å². The Morgan fingerprint density at radius 3 is 2.76 bits per heavy atom. The molecule has 3 aliphatic rings. The number of nitrogens with zero attached hydrogens (tertiary/aromatic N) is 3. The van der Waals surface area contributed by atoms with E-state index in [1.165, 1.54) is 26.2 Å². The van der Waals surface area contributed by atoms with Gasteiger partial charge >= 0.3 is 0 Å². The van der Waals surface area contributed by atoms with E-state index in [0.29, 0.717) is 12.6 Å². The maximum atomic E-state index is 6.11. The van der Waals surface area contributed by atoms with Gasteiger partial charge in [0, 0.05) is 57.7 Å². The minimum Gasteiger partial charge on any atom is -0.490 e. The van der Waals surface area contributed by atoms with E-state index in [9.17, 15) is 0 Å². The molecule has 3 fully saturated rings. The van der Waals surface area contributed by atoms with Crippen molar-refractivity contribution >= 4 is 40.9 Å². The Morgan fingerprint density at radius 1 is 1.31 bits per heavy atom. The number of hydrogen-bond acceptors (Lipinski definition) is 5. The summed E-state index contributed by atoms with van der Waals surface area (Å²) in [5, 5.41) is 8.00. The average molecular weight is 513 g/mol. The molecule has 0 aliphatic carbocycles. The number of ether oxygens (including phenoxy) is 1. The summed E-state index contributed by atoms with van der Waals surface area (Å²) in [6.07, 6.45) is 0. The highest BCUT2D eigenvalue weighted by Gasteiger charge is 2.31. The molecule has 2 unspecified atom stereocenters. The van der Waals surface area contributed by atoms with Crippen molar-refractivity contribution in [2.75, 3.05) is 52.9 Å². The maximum absolute atomic E-state index is 6.11. The molecule has 1 aromatic carbocycles. The summed E-state index contributed by atoms with van der Waals surface area (Å²) >= 11 is 0. The molecular weight excluding hydrogens is 481 g/mol. The van der Waals surface area contributed by atoms with Crippen molar-refractivity contribution in [2.45, 2.75) is 25.9 Å². The third-order valence-corrected chi connectivity index (χ3v) is 5.73. The largest absolute Gasteiger partial charge is 0.490 e. The zero-order valence-corrected chi connectivity index (χ0v) is 19.8. The topological polar surface area (TPSA) is 65.3 Å². The number of guanidine groups is 1. The predicted octanol–water partition coefficient (Wildman–Crippen LogP) is 2.68. The van der Waals surface area contributed by atoms with Crippen LogP contribution in [-0.4, -0.2) is 74.7 Å². The predicted molar refractivity (Wildman–Crippen MR) is 128 cm³/mol. The summed E-state index contributed by atoms with van der Waals surface area (Å²) in [6.45, 7) is 11.5. The second-order valence-corrected chi connectivity index (χ2v) is 7.57. The van der Waals surface area contributed by atoms with Crippen molar-refractivity contribution in [2.24, 2.45) is 4.99 Å². The first-order valence-electron chi connectivity index (χ1n) is 10.3. The molecule has 0 amide bonds. The van der Waals surface area contributed by atoms with Gasteiger partial charge in [0.15, 0.2) is 17.3 Å². The van der Waals surface area contributed by atoms with Crippen molar-refractivity contribution in [1.29, 1.82) is 0 Å². The molecule has 3 saturated heterocycles. The fraction of sp³-hybridized carbons (Fsp3) is 0.571. The smallest absolute Gasteiger partial charge is 0.191 e. The Bertz CT molecular complexity index is 832. The summed E-state index contributed by atoms with van der Waals surface area (Å²) in [7, 11) is 1.81. The highest BCUT2D eigenvalue weighted by Crippen LogP contribution is 2.31. The van der Waals surface area contributed by atoms with Gasteiger partial charge in [-0.15, -0.1) is 24.0 Å². The van der Waals surface area contributed by atoms with E-state index < -0.39 is 0 Å². The number of piperazine rings is 3. The summed E-state index contributed by atoms with van der Waals surface area (Å²) in [4.78, 5) is 9.53. The van der Waals surface area contributed by atoms with Gasteiger partial charge in [-0.05, 0) is 26.0 Å². The van der Waals surface area contributed by atoms with Crippen LogP contribution < -0.4 is 15.4 Å². The highest BCUT2D eigenvalue weighted by atomic mass is 127. The molecule has 2 N–H and O–H groups in total. The fourth-order valence-corrected chi connectivity index (χ4v) is 4.14. The minimum absolute atomic E-state index is 0. The molecule has 8 heteroatoms. The zero-order chi connectivity index (χ0) is 19.5. The molecule has 2 bridgehead atoms. The number of rotatable bonds is 6. The van der Waals surface area contributed by atoms with Crippen LogP contribution >= 0.6 is 24.0 Å². The number of fused-ring (bicyclic) bond motifs is 4. The summed E-state index contributed by atoms with van der Waals surface area (Å²) in [5.74, 6) is 2.46. The van der Waals surface area contributed by atoms with Gasteiger partial charge < -0.3 is 19.8 Å². The SMILES string of the molecule is CCOc1cccc2cc(C(C)NC(=NC)NCC3CN4CCN3CC4)oc12.I. The summed E-state index contributed by atoms with van der Waals surface area (Å²) in [6, 6.07) is 8.61. The number of para-hydroxylation sites is 1. The second kappa shape index (κ2) is 9.99. The first-order valence-corrected chi connectivity index (χ1v) is 10.3. The van der Waals surface area contributed by atoms with Crippen molar-refractivity contribution < 1.29 is 9.15 Å². The van der Waals surface area contributed by atoms with Crippen LogP contribution in [0.25, 0.3) is 11.0 Å². The molecule has 160 valence electrons. The molecule has 29 heavy (non-hydrogen) atoms. The van der Waals surface area contributed by atoms with Gasteiger partial charge in [-0.1, -0.05) is 12.1 Å². The molecule has 0 spiro atoms. The standard InChI is InChI=1S/C21H31N5O2.HI/c1-4-27-18-7-5-6-16-12-19(28-20(16)18)15(2)24-21(22-3)23-13-17-14-25-8-10-26(17)11-9-25;/h5-7,12,15,17H,4,8-11,13-14H2,1-3H3,(H2,22,23,24);1H. The number of nitrogens with one attached hydrogen (secondary N) is 2. The number of hydrogen-bond donors (Lipinski definition) is 2. The van der Waals surface area contributed by atoms with E-state index in [1.807, 2.05) is 32.2 Å². The Hall–Kier alpha value is -1.52. The average Bonchev–Trinajstić information content (AvgIpc) is 3.17. The second-order valence-electron chi connectivity index (χ2n) is 7.57. The van der Waals surface area contributed by atoms with Gasteiger partial charge in [-0.25, -0.2) is 0 Å². The van der Waals surface area contributed by atoms with Crippen LogP contribution in [0.1, 0.15) is 25.6 Å². The molecule has 7 nitrogen and oxygen atoms in total. The van der Waals surface area contributed by atoms with Crippen LogP contribution in [0.15, 0.2) is 33.7 Å². The maximum Gasteiger partial charge on any atom is 0.191 e. The van der Waals surface area contributed by atoms with Crippen molar-refractivity contribution in [3.05, 3.63) is 30.0 Å². The third kappa shape index (κ3) is 4.97. The zero-order valence-electron chi connectivity index (χ0n) is 17.5. The molecular formula is C21H32IN5O2. The molecule has 2 atom stereocenters. The van der Waals surface area contributed by atoms with E-state index in [-0.39, 0.29) is 30.0 Å². The lowest BCUT2D eigenvalue weighted by Gasteiger charge is -2.47. The van der Waals surface area contributed by atoms with Gasteiger partial charge in [0.25, 0.3) is 0 Å². The molecule has 1 aromatic heterocycles. The first kappa shape index (κ1) is 22.2. The molecule has 2 aromatic rings. The number of aliphatic imine (C=N–C) groups is 1. The van der Waals surface area contributed by atoms with Crippen molar-refractivity contribution in [3.8, 4) is 5.75 Å². The van der Waals surface area contributed by atoms with Crippen LogP contribution in [0, 0.1) is 0 Å². The number of halogens is 1. The quantitative estimate of drug-likeness (QED) is 0.352. The minimum atomic E-state index is -0.0000558. The van der Waals surface area contributed by atoms with Gasteiger partial charge in [0.2, 0.25) is 0 Å². The van der Waals surface area contributed by atoms with Gasteiger partial charge in [0.1, 0.15) is 5.76 Å². The normalized spacial score (nSPS) is 24.8. The lowest BCUT2D eigenvalue weighted by Crippen LogP contribution is -2.63. The lowest BCUT2D eigenvalue weighted by atomic mass is 10.1. The monoisotopic (exact) mass is 513 g/mol. The molecule has 0 radical (unpaired) electrons. The highest BCUT2D eigenvalue weighted by molar-refractivity contribution is 14.0. The number of benzene rings is 1. The van der Waals surface area contributed by atoms with E-state index in [2.05, 4.69) is 38.4 Å². The van der Waals surface area contributed by atoms with Gasteiger partial charge in [0.05, 0.1) is 12.6 Å². The molecule has 3 aliphatic heterocycles. The van der Waals surface area contributed by atoms with Crippen molar-refractivity contribution in [1.82, 2.24) is 20.4 Å². The van der Waals surface area contributed by atoms with Crippen LogP contribution in [0.2, 0.25) is 0 Å². The van der Waals surface area contributed by atoms with E-state index in [0.717, 1.165) is 41.5 Å². The van der Waals surface area contributed by atoms with Crippen molar-refractivity contribution in [3.63, 3.8) is 0 Å². The molecule has 5 rings (SSSR count). The van der Waals surface area contributed by atoms with Gasteiger partial charge in [-0.3, -0.25) is 14.8 Å². The Kier molecular flexibility index (Phi) is 7.64. The Labute approximate surface area is 189 Å². The lowest BCUT2D eigenvalue weighted by molar-refractivity contribution is 0.0154. The van der Waals surface area contributed by atoms with E-state index >= 15 is 0 Å². The first-order chi connectivity index (χ1) is 13.7. The van der Waals surface area contributed by atoms with E-state index in [1.54, 1.807) is 0 Å².